The third-order valence-corrected chi connectivity index (χ3v) is 3.78. The number of anilines is 2. The summed E-state index contributed by atoms with van der Waals surface area (Å²) < 4.78 is 8.37. The molecule has 0 saturated heterocycles. The van der Waals surface area contributed by atoms with Gasteiger partial charge in [-0.3, -0.25) is 4.79 Å². The van der Waals surface area contributed by atoms with E-state index < -0.39 is 0 Å². The molecule has 1 amide bonds. The maximum absolute atomic E-state index is 12.1. The van der Waals surface area contributed by atoms with Crippen molar-refractivity contribution in [1.82, 2.24) is 8.75 Å². The maximum atomic E-state index is 12.1. The molecule has 6 heteroatoms. The molecule has 2 N–H and O–H groups in total. The molecule has 0 atom stereocenters. The lowest BCUT2D eigenvalue weighted by Gasteiger charge is -2.09. The second-order valence-electron chi connectivity index (χ2n) is 5.22. The first-order chi connectivity index (χ1) is 10.6. The number of hydrogen-bond acceptors (Lipinski definition) is 5. The normalized spacial score (nSPS) is 10.6. The second kappa shape index (κ2) is 6.11. The van der Waals surface area contributed by atoms with Crippen LogP contribution in [0, 0.1) is 13.8 Å². The highest BCUT2D eigenvalue weighted by atomic mass is 32.1. The van der Waals surface area contributed by atoms with E-state index in [4.69, 9.17) is 0 Å². The van der Waals surface area contributed by atoms with Gasteiger partial charge in [0, 0.05) is 5.69 Å². The standard InChI is InChI=1S/C16H16N4OS/c1-10-6-11(2)8-12(7-10)17-9-15(21)18-13-4-3-5-14-16(13)20-22-19-14/h3-8,17H,9H2,1-2H3,(H,18,21). The molecule has 0 aliphatic heterocycles. The molecule has 0 aliphatic carbocycles. The van der Waals surface area contributed by atoms with E-state index in [0.717, 1.165) is 28.4 Å². The van der Waals surface area contributed by atoms with Gasteiger partial charge in [-0.2, -0.15) is 8.75 Å². The second-order valence-corrected chi connectivity index (χ2v) is 5.74. The zero-order valence-electron chi connectivity index (χ0n) is 12.4. The van der Waals surface area contributed by atoms with Crippen LogP contribution in [-0.4, -0.2) is 21.2 Å². The van der Waals surface area contributed by atoms with Gasteiger partial charge in [-0.25, -0.2) is 0 Å². The Morgan fingerprint density at radius 2 is 1.91 bits per heavy atom. The minimum Gasteiger partial charge on any atom is -0.376 e. The molecule has 112 valence electrons. The highest BCUT2D eigenvalue weighted by Crippen LogP contribution is 2.21. The Labute approximate surface area is 132 Å². The monoisotopic (exact) mass is 312 g/mol. The first-order valence-corrected chi connectivity index (χ1v) is 7.68. The van der Waals surface area contributed by atoms with Crippen LogP contribution in [0.2, 0.25) is 0 Å². The van der Waals surface area contributed by atoms with Crippen LogP contribution in [0.4, 0.5) is 11.4 Å². The van der Waals surface area contributed by atoms with E-state index in [0.29, 0.717) is 5.69 Å². The lowest BCUT2D eigenvalue weighted by molar-refractivity contribution is -0.114. The molecule has 0 spiro atoms. The molecular weight excluding hydrogens is 296 g/mol. The summed E-state index contributed by atoms with van der Waals surface area (Å²) in [7, 11) is 0. The molecule has 1 heterocycles. The third-order valence-electron chi connectivity index (χ3n) is 3.23. The summed E-state index contributed by atoms with van der Waals surface area (Å²) in [5.74, 6) is -0.111. The van der Waals surface area contributed by atoms with E-state index in [1.165, 1.54) is 11.1 Å². The largest absolute Gasteiger partial charge is 0.376 e. The van der Waals surface area contributed by atoms with Gasteiger partial charge >= 0.3 is 0 Å². The molecule has 1 aromatic heterocycles. The van der Waals surface area contributed by atoms with Crippen molar-refractivity contribution in [1.29, 1.82) is 0 Å². The lowest BCUT2D eigenvalue weighted by Crippen LogP contribution is -2.22. The predicted octanol–water partition coefficient (Wildman–Crippen LogP) is 3.36. The van der Waals surface area contributed by atoms with Crippen molar-refractivity contribution in [2.45, 2.75) is 13.8 Å². The van der Waals surface area contributed by atoms with Crippen molar-refractivity contribution >= 4 is 40.0 Å². The predicted molar refractivity (Wildman–Crippen MR) is 90.5 cm³/mol. The number of benzene rings is 2. The Bertz CT molecular complexity index is 808. The van der Waals surface area contributed by atoms with Crippen molar-refractivity contribution in [3.8, 4) is 0 Å². The summed E-state index contributed by atoms with van der Waals surface area (Å²) in [4.78, 5) is 12.1. The number of carbonyl (C=O) groups excluding carboxylic acids is 1. The minimum atomic E-state index is -0.111. The van der Waals surface area contributed by atoms with Crippen molar-refractivity contribution in [3.63, 3.8) is 0 Å². The number of nitrogens with one attached hydrogen (secondary N) is 2. The quantitative estimate of drug-likeness (QED) is 0.775. The maximum Gasteiger partial charge on any atom is 0.243 e. The summed E-state index contributed by atoms with van der Waals surface area (Å²) in [5, 5.41) is 6.02. The van der Waals surface area contributed by atoms with E-state index in [2.05, 4.69) is 25.4 Å². The van der Waals surface area contributed by atoms with Crippen LogP contribution in [0.5, 0.6) is 0 Å². The Morgan fingerprint density at radius 3 is 2.68 bits per heavy atom. The summed E-state index contributed by atoms with van der Waals surface area (Å²) in [5.41, 5.74) is 5.50. The van der Waals surface area contributed by atoms with Crippen LogP contribution in [0.1, 0.15) is 11.1 Å². The highest BCUT2D eigenvalue weighted by Gasteiger charge is 2.08. The van der Waals surface area contributed by atoms with E-state index in [1.54, 1.807) is 0 Å². The number of amides is 1. The Hall–Kier alpha value is -2.47. The molecule has 0 bridgehead atoms. The van der Waals surface area contributed by atoms with Crippen LogP contribution in [0.25, 0.3) is 11.0 Å². The van der Waals surface area contributed by atoms with Crippen LogP contribution in [-0.2, 0) is 4.79 Å². The molecule has 3 aromatic rings. The van der Waals surface area contributed by atoms with Crippen LogP contribution >= 0.6 is 11.7 Å². The first kappa shape index (κ1) is 14.5. The average Bonchev–Trinajstić information content (AvgIpc) is 2.94. The Balaban J connectivity index is 1.66. The van der Waals surface area contributed by atoms with Crippen LogP contribution in [0.15, 0.2) is 36.4 Å². The van der Waals surface area contributed by atoms with Gasteiger partial charge in [-0.1, -0.05) is 12.1 Å². The minimum absolute atomic E-state index is 0.111. The number of nitrogens with zero attached hydrogens (tertiary/aromatic N) is 2. The number of rotatable bonds is 4. The fourth-order valence-electron chi connectivity index (χ4n) is 2.36. The van der Waals surface area contributed by atoms with Crippen molar-refractivity contribution in [3.05, 3.63) is 47.5 Å². The Kier molecular flexibility index (Phi) is 4.02. The van der Waals surface area contributed by atoms with Crippen molar-refractivity contribution < 1.29 is 4.79 Å². The zero-order valence-corrected chi connectivity index (χ0v) is 13.2. The van der Waals surface area contributed by atoms with Gasteiger partial charge in [0.2, 0.25) is 5.91 Å². The lowest BCUT2D eigenvalue weighted by atomic mass is 10.1. The number of aromatic nitrogens is 2. The summed E-state index contributed by atoms with van der Waals surface area (Å²) in [6, 6.07) is 11.7. The molecule has 22 heavy (non-hydrogen) atoms. The third kappa shape index (κ3) is 3.23. The molecule has 0 saturated carbocycles. The topological polar surface area (TPSA) is 66.9 Å². The van der Waals surface area contributed by atoms with E-state index >= 15 is 0 Å². The van der Waals surface area contributed by atoms with E-state index in [9.17, 15) is 4.79 Å². The van der Waals surface area contributed by atoms with Gasteiger partial charge in [0.05, 0.1) is 24.0 Å². The molecule has 0 fully saturated rings. The first-order valence-electron chi connectivity index (χ1n) is 6.95. The molecule has 0 unspecified atom stereocenters. The van der Waals surface area contributed by atoms with Crippen molar-refractivity contribution in [2.75, 3.05) is 17.2 Å². The number of fused-ring (bicyclic) bond motifs is 1. The Morgan fingerprint density at radius 1 is 1.14 bits per heavy atom. The van der Waals surface area contributed by atoms with Gasteiger partial charge in [-0.05, 0) is 49.2 Å². The fraction of sp³-hybridized carbons (Fsp3) is 0.188. The number of hydrogen-bond donors (Lipinski definition) is 2. The molecule has 5 nitrogen and oxygen atoms in total. The van der Waals surface area contributed by atoms with Crippen molar-refractivity contribution in [2.24, 2.45) is 0 Å². The summed E-state index contributed by atoms with van der Waals surface area (Å²) >= 11 is 1.14. The molecule has 0 aliphatic rings. The SMILES string of the molecule is Cc1cc(C)cc(NCC(=O)Nc2cccc3nsnc23)c1. The van der Waals surface area contributed by atoms with Gasteiger partial charge < -0.3 is 10.6 Å². The zero-order chi connectivity index (χ0) is 15.5. The van der Waals surface area contributed by atoms with E-state index in [-0.39, 0.29) is 12.5 Å². The summed E-state index contributed by atoms with van der Waals surface area (Å²) in [6.07, 6.45) is 0. The van der Waals surface area contributed by atoms with Crippen LogP contribution < -0.4 is 10.6 Å². The average molecular weight is 312 g/mol. The molecule has 3 rings (SSSR count). The highest BCUT2D eigenvalue weighted by molar-refractivity contribution is 7.00. The smallest absolute Gasteiger partial charge is 0.243 e. The number of aryl methyl sites for hydroxylation is 2. The molecule has 0 radical (unpaired) electrons. The van der Waals surface area contributed by atoms with Gasteiger partial charge in [0.25, 0.3) is 0 Å². The number of carbonyl (C=O) groups is 1. The van der Waals surface area contributed by atoms with Crippen LogP contribution in [0.3, 0.4) is 0 Å². The summed E-state index contributed by atoms with van der Waals surface area (Å²) in [6.45, 7) is 4.28. The van der Waals surface area contributed by atoms with Gasteiger partial charge in [-0.15, -0.1) is 0 Å². The molecular formula is C16H16N4OS. The van der Waals surface area contributed by atoms with E-state index in [1.807, 2.05) is 44.2 Å². The van der Waals surface area contributed by atoms with Gasteiger partial charge in [0.1, 0.15) is 11.0 Å². The fourth-order valence-corrected chi connectivity index (χ4v) is 2.91. The van der Waals surface area contributed by atoms with Gasteiger partial charge in [0.15, 0.2) is 0 Å². The molecule has 2 aromatic carbocycles.